The van der Waals surface area contributed by atoms with E-state index in [0.717, 1.165) is 0 Å². The number of benzene rings is 1. The zero-order valence-corrected chi connectivity index (χ0v) is 14.9. The van der Waals surface area contributed by atoms with Crippen molar-refractivity contribution in [3.05, 3.63) is 36.0 Å². The number of alkyl halides is 6. The molecule has 0 radical (unpaired) electrons. The van der Waals surface area contributed by atoms with Gasteiger partial charge in [0.25, 0.3) is 0 Å². The summed E-state index contributed by atoms with van der Waals surface area (Å²) in [4.78, 5) is 8.68. The average Bonchev–Trinajstić information content (AvgIpc) is 2.61. The average molecular weight is 409 g/mol. The van der Waals surface area contributed by atoms with Gasteiger partial charge in [-0.15, -0.1) is 0 Å². The van der Waals surface area contributed by atoms with Crippen molar-refractivity contribution < 1.29 is 35.8 Å². The van der Waals surface area contributed by atoms with E-state index in [9.17, 15) is 26.3 Å². The zero-order chi connectivity index (χ0) is 20.9. The van der Waals surface area contributed by atoms with Gasteiger partial charge in [-0.05, 0) is 38.1 Å². The van der Waals surface area contributed by atoms with Crippen molar-refractivity contribution in [2.45, 2.75) is 26.2 Å². The zero-order valence-electron chi connectivity index (χ0n) is 14.9. The first-order valence-corrected chi connectivity index (χ1v) is 8.19. The van der Waals surface area contributed by atoms with E-state index in [4.69, 9.17) is 4.74 Å². The lowest BCUT2D eigenvalue weighted by Crippen LogP contribution is -2.24. The van der Waals surface area contributed by atoms with E-state index < -0.39 is 30.4 Å². The molecule has 1 aromatic carbocycles. The third kappa shape index (κ3) is 5.64. The Hall–Kier alpha value is -2.72. The van der Waals surface area contributed by atoms with Gasteiger partial charge in [0.1, 0.15) is 11.3 Å². The summed E-state index contributed by atoms with van der Waals surface area (Å²) in [6, 6.07) is 6.55. The predicted octanol–water partition coefficient (Wildman–Crippen LogP) is 4.99. The number of hydrogen-bond acceptors (Lipinski definition) is 5. The molecule has 2 aromatic rings. The van der Waals surface area contributed by atoms with Gasteiger partial charge in [-0.3, -0.25) is 0 Å². The van der Waals surface area contributed by atoms with E-state index in [0.29, 0.717) is 24.2 Å². The molecule has 5 nitrogen and oxygen atoms in total. The van der Waals surface area contributed by atoms with Crippen LogP contribution < -0.4 is 14.4 Å². The highest BCUT2D eigenvalue weighted by Gasteiger charge is 2.38. The fraction of sp³-hybridized carbons (Fsp3) is 0.412. The van der Waals surface area contributed by atoms with Crippen LogP contribution in [0.4, 0.5) is 38.0 Å². The van der Waals surface area contributed by atoms with Crippen LogP contribution >= 0.6 is 0 Å². The molecule has 0 fully saturated rings. The van der Waals surface area contributed by atoms with Crippen LogP contribution in [0.15, 0.2) is 30.5 Å². The second-order valence-corrected chi connectivity index (χ2v) is 5.46. The van der Waals surface area contributed by atoms with Crippen LogP contribution in [-0.4, -0.2) is 35.9 Å². The summed E-state index contributed by atoms with van der Waals surface area (Å²) in [5, 5.41) is 0. The maximum atomic E-state index is 13.1. The lowest BCUT2D eigenvalue weighted by atomic mass is 10.2. The van der Waals surface area contributed by atoms with Gasteiger partial charge < -0.3 is 14.4 Å². The van der Waals surface area contributed by atoms with Crippen molar-refractivity contribution in [2.75, 3.05) is 24.7 Å². The normalized spacial score (nSPS) is 12.0. The Morgan fingerprint density at radius 1 is 0.964 bits per heavy atom. The maximum absolute atomic E-state index is 13.1. The Morgan fingerprint density at radius 2 is 1.61 bits per heavy atom. The number of anilines is 2. The number of nitrogens with zero attached hydrogens (tertiary/aromatic N) is 3. The van der Waals surface area contributed by atoms with Crippen molar-refractivity contribution in [3.63, 3.8) is 0 Å². The van der Waals surface area contributed by atoms with Gasteiger partial charge in [-0.25, -0.2) is 4.98 Å². The topological polar surface area (TPSA) is 47.5 Å². The summed E-state index contributed by atoms with van der Waals surface area (Å²) >= 11 is 0. The van der Waals surface area contributed by atoms with E-state index in [1.165, 1.54) is 4.90 Å². The maximum Gasteiger partial charge on any atom is 0.423 e. The number of halogens is 6. The molecule has 154 valence electrons. The van der Waals surface area contributed by atoms with Crippen molar-refractivity contribution in [1.29, 1.82) is 0 Å². The molecule has 0 unspecified atom stereocenters. The minimum atomic E-state index is -4.96. The molecule has 1 heterocycles. The van der Waals surface area contributed by atoms with E-state index in [2.05, 4.69) is 14.7 Å². The van der Waals surface area contributed by atoms with E-state index in [1.54, 1.807) is 31.2 Å². The second-order valence-electron chi connectivity index (χ2n) is 5.46. The van der Waals surface area contributed by atoms with Crippen LogP contribution in [0.1, 0.15) is 19.4 Å². The molecule has 0 aliphatic heterocycles. The molecule has 0 aliphatic rings. The van der Waals surface area contributed by atoms with Crippen molar-refractivity contribution in [1.82, 2.24) is 9.97 Å². The summed E-state index contributed by atoms with van der Waals surface area (Å²) < 4.78 is 86.0. The minimum absolute atomic E-state index is 0.225. The molecular weight excluding hydrogens is 392 g/mol. The quantitative estimate of drug-likeness (QED) is 0.603. The first-order chi connectivity index (χ1) is 13.0. The second kappa shape index (κ2) is 8.53. The molecule has 0 spiro atoms. The van der Waals surface area contributed by atoms with Crippen molar-refractivity contribution in [3.8, 4) is 11.6 Å². The molecule has 1 aromatic heterocycles. The van der Waals surface area contributed by atoms with Crippen molar-refractivity contribution >= 4 is 11.6 Å². The van der Waals surface area contributed by atoms with Crippen LogP contribution in [0.25, 0.3) is 0 Å². The molecular formula is C17H17F6N3O2. The Bertz CT molecular complexity index is 778. The molecule has 0 aliphatic carbocycles. The fourth-order valence-corrected chi connectivity index (χ4v) is 2.27. The Balaban J connectivity index is 2.39. The highest BCUT2D eigenvalue weighted by molar-refractivity contribution is 5.58. The van der Waals surface area contributed by atoms with E-state index in [1.807, 2.05) is 6.92 Å². The van der Waals surface area contributed by atoms with E-state index in [-0.39, 0.29) is 12.5 Å². The largest absolute Gasteiger partial charge is 0.494 e. The highest BCUT2D eigenvalue weighted by Crippen LogP contribution is 2.37. The summed E-state index contributed by atoms with van der Waals surface area (Å²) in [5.74, 6) is -0.819. The summed E-state index contributed by atoms with van der Waals surface area (Å²) in [7, 11) is 0. The van der Waals surface area contributed by atoms with Gasteiger partial charge in [0.15, 0.2) is 6.61 Å². The van der Waals surface area contributed by atoms with Crippen LogP contribution in [0.2, 0.25) is 0 Å². The number of aromatic nitrogens is 2. The Labute approximate surface area is 156 Å². The SMILES string of the molecule is CCOc1ccc(N(CC)c2ncc(C(F)(F)F)c(OCC(F)(F)F)n2)cc1. The lowest BCUT2D eigenvalue weighted by molar-refractivity contribution is -0.159. The molecule has 0 N–H and O–H groups in total. The van der Waals surface area contributed by atoms with Gasteiger partial charge in [0.05, 0.1) is 6.61 Å². The first-order valence-electron chi connectivity index (χ1n) is 8.19. The van der Waals surface area contributed by atoms with Gasteiger partial charge in [-0.2, -0.15) is 31.3 Å². The van der Waals surface area contributed by atoms with Crippen LogP contribution in [0, 0.1) is 0 Å². The van der Waals surface area contributed by atoms with E-state index >= 15 is 0 Å². The lowest BCUT2D eigenvalue weighted by Gasteiger charge is -2.23. The molecule has 0 saturated heterocycles. The molecule has 0 amide bonds. The predicted molar refractivity (Wildman–Crippen MR) is 88.9 cm³/mol. The fourth-order valence-electron chi connectivity index (χ4n) is 2.27. The molecule has 28 heavy (non-hydrogen) atoms. The van der Waals surface area contributed by atoms with Gasteiger partial charge in [0.2, 0.25) is 11.8 Å². The Kier molecular flexibility index (Phi) is 6.57. The first kappa shape index (κ1) is 21.6. The summed E-state index contributed by atoms with van der Waals surface area (Å²) in [6.07, 6.45) is -9.37. The summed E-state index contributed by atoms with van der Waals surface area (Å²) in [5.41, 5.74) is -0.962. The van der Waals surface area contributed by atoms with Gasteiger partial charge in [-0.1, -0.05) is 0 Å². The standard InChI is InChI=1S/C17H17F6N3O2/c1-3-26(11-5-7-12(8-6-11)27-4-2)15-24-9-13(17(21,22)23)14(25-15)28-10-16(18,19)20/h5-9H,3-4,10H2,1-2H3. The summed E-state index contributed by atoms with van der Waals surface area (Å²) in [6.45, 7) is 2.30. The van der Waals surface area contributed by atoms with Crippen molar-refractivity contribution in [2.24, 2.45) is 0 Å². The van der Waals surface area contributed by atoms with Crippen LogP contribution in [0.3, 0.4) is 0 Å². The number of hydrogen-bond donors (Lipinski definition) is 0. The third-order valence-electron chi connectivity index (χ3n) is 3.44. The third-order valence-corrected chi connectivity index (χ3v) is 3.44. The monoisotopic (exact) mass is 409 g/mol. The molecule has 0 saturated carbocycles. The minimum Gasteiger partial charge on any atom is -0.494 e. The highest BCUT2D eigenvalue weighted by atomic mass is 19.4. The smallest absolute Gasteiger partial charge is 0.423 e. The molecule has 11 heteroatoms. The van der Waals surface area contributed by atoms with Gasteiger partial charge >= 0.3 is 12.4 Å². The number of rotatable bonds is 7. The molecule has 0 atom stereocenters. The van der Waals surface area contributed by atoms with Crippen LogP contribution in [0.5, 0.6) is 11.6 Å². The van der Waals surface area contributed by atoms with Gasteiger partial charge in [0, 0.05) is 18.4 Å². The number of ether oxygens (including phenoxy) is 2. The Morgan fingerprint density at radius 3 is 2.11 bits per heavy atom. The molecule has 0 bridgehead atoms. The van der Waals surface area contributed by atoms with Crippen LogP contribution in [-0.2, 0) is 6.18 Å². The molecule has 2 rings (SSSR count).